The number of pyridine rings is 1. The number of aryl methyl sites for hydroxylation is 2. The summed E-state index contributed by atoms with van der Waals surface area (Å²) in [7, 11) is 1.71. The standard InChI is InChI=1S/C19H26N4O2/c1-13-16(14(2)22-21-13)7-8-19(24)23-10-15(12-25-3)17(11-23)18-6-4-5-9-20-18/h4-6,9,15,17H,7-8,10-12H2,1-3H3,(H,21,22)/t15-,17+/m0/s1. The monoisotopic (exact) mass is 342 g/mol. The molecule has 2 atom stereocenters. The van der Waals surface area contributed by atoms with Gasteiger partial charge in [-0.15, -0.1) is 0 Å². The van der Waals surface area contributed by atoms with E-state index in [0.717, 1.165) is 35.6 Å². The first-order valence-corrected chi connectivity index (χ1v) is 8.78. The van der Waals surface area contributed by atoms with Crippen LogP contribution in [0.2, 0.25) is 0 Å². The van der Waals surface area contributed by atoms with Crippen molar-refractivity contribution in [1.82, 2.24) is 20.1 Å². The smallest absolute Gasteiger partial charge is 0.222 e. The van der Waals surface area contributed by atoms with Gasteiger partial charge in [-0.1, -0.05) is 6.07 Å². The second-order valence-corrected chi connectivity index (χ2v) is 6.79. The lowest BCUT2D eigenvalue weighted by atomic mass is 9.93. The van der Waals surface area contributed by atoms with E-state index < -0.39 is 0 Å². The number of carbonyl (C=O) groups is 1. The van der Waals surface area contributed by atoms with E-state index in [9.17, 15) is 4.79 Å². The molecule has 25 heavy (non-hydrogen) atoms. The first kappa shape index (κ1) is 17.6. The van der Waals surface area contributed by atoms with Crippen LogP contribution in [0, 0.1) is 19.8 Å². The number of hydrogen-bond donors (Lipinski definition) is 1. The molecule has 1 aliphatic rings. The van der Waals surface area contributed by atoms with Crippen molar-refractivity contribution in [1.29, 1.82) is 0 Å². The summed E-state index contributed by atoms with van der Waals surface area (Å²) in [6, 6.07) is 5.96. The van der Waals surface area contributed by atoms with Gasteiger partial charge in [-0.2, -0.15) is 5.10 Å². The zero-order valence-electron chi connectivity index (χ0n) is 15.2. The third-order valence-electron chi connectivity index (χ3n) is 5.11. The summed E-state index contributed by atoms with van der Waals surface area (Å²) < 4.78 is 5.38. The highest BCUT2D eigenvalue weighted by Crippen LogP contribution is 2.32. The Morgan fingerprint density at radius 1 is 1.36 bits per heavy atom. The summed E-state index contributed by atoms with van der Waals surface area (Å²) >= 11 is 0. The van der Waals surface area contributed by atoms with E-state index >= 15 is 0 Å². The first-order chi connectivity index (χ1) is 12.1. The summed E-state index contributed by atoms with van der Waals surface area (Å²) in [5, 5.41) is 7.19. The fourth-order valence-electron chi connectivity index (χ4n) is 3.72. The molecule has 0 aromatic carbocycles. The third kappa shape index (κ3) is 3.90. The highest BCUT2D eigenvalue weighted by atomic mass is 16.5. The average Bonchev–Trinajstić information content (AvgIpc) is 3.18. The molecule has 3 rings (SSSR count). The van der Waals surface area contributed by atoms with Crippen LogP contribution in [0.25, 0.3) is 0 Å². The van der Waals surface area contributed by atoms with Gasteiger partial charge in [0, 0.05) is 56.0 Å². The number of amides is 1. The SMILES string of the molecule is COC[C@@H]1CN(C(=O)CCc2c(C)n[nH]c2C)C[C@H]1c1ccccn1. The lowest BCUT2D eigenvalue weighted by Gasteiger charge is -2.16. The number of H-pyrrole nitrogens is 1. The van der Waals surface area contributed by atoms with Gasteiger partial charge in [0.05, 0.1) is 12.3 Å². The molecule has 2 aromatic heterocycles. The number of rotatable bonds is 6. The highest BCUT2D eigenvalue weighted by molar-refractivity contribution is 5.77. The van der Waals surface area contributed by atoms with Gasteiger partial charge < -0.3 is 9.64 Å². The summed E-state index contributed by atoms with van der Waals surface area (Å²) in [4.78, 5) is 19.2. The molecule has 0 unspecified atom stereocenters. The number of nitrogens with one attached hydrogen (secondary N) is 1. The van der Waals surface area contributed by atoms with Crippen molar-refractivity contribution in [3.8, 4) is 0 Å². The topological polar surface area (TPSA) is 71.1 Å². The van der Waals surface area contributed by atoms with Crippen molar-refractivity contribution < 1.29 is 9.53 Å². The van der Waals surface area contributed by atoms with Crippen molar-refractivity contribution in [3.63, 3.8) is 0 Å². The van der Waals surface area contributed by atoms with Crippen LogP contribution in [0.15, 0.2) is 24.4 Å². The Kier molecular flexibility index (Phi) is 5.48. The van der Waals surface area contributed by atoms with Gasteiger partial charge in [0.15, 0.2) is 0 Å². The number of carbonyl (C=O) groups excluding carboxylic acids is 1. The molecule has 1 amide bonds. The van der Waals surface area contributed by atoms with Gasteiger partial charge >= 0.3 is 0 Å². The number of aromatic amines is 1. The van der Waals surface area contributed by atoms with Gasteiger partial charge in [0.2, 0.25) is 5.91 Å². The Morgan fingerprint density at radius 3 is 2.84 bits per heavy atom. The third-order valence-corrected chi connectivity index (χ3v) is 5.11. The zero-order valence-corrected chi connectivity index (χ0v) is 15.2. The van der Waals surface area contributed by atoms with Gasteiger partial charge in [-0.05, 0) is 38.0 Å². The molecule has 1 fully saturated rings. The van der Waals surface area contributed by atoms with Gasteiger partial charge in [-0.3, -0.25) is 14.9 Å². The number of nitrogens with zero attached hydrogens (tertiary/aromatic N) is 3. The lowest BCUT2D eigenvalue weighted by Crippen LogP contribution is -2.29. The predicted molar refractivity (Wildman–Crippen MR) is 95.3 cm³/mol. The van der Waals surface area contributed by atoms with Gasteiger partial charge in [0.25, 0.3) is 0 Å². The molecular weight excluding hydrogens is 316 g/mol. The van der Waals surface area contributed by atoms with E-state index in [2.05, 4.69) is 15.2 Å². The minimum Gasteiger partial charge on any atom is -0.384 e. The number of hydrogen-bond acceptors (Lipinski definition) is 4. The second kappa shape index (κ2) is 7.78. The maximum absolute atomic E-state index is 12.7. The van der Waals surface area contributed by atoms with Crippen LogP contribution in [-0.2, 0) is 16.0 Å². The van der Waals surface area contributed by atoms with E-state index in [0.29, 0.717) is 25.5 Å². The molecule has 0 bridgehead atoms. The molecule has 0 aliphatic carbocycles. The minimum atomic E-state index is 0.194. The van der Waals surface area contributed by atoms with Crippen molar-refractivity contribution >= 4 is 5.91 Å². The Balaban J connectivity index is 1.65. The molecule has 0 saturated carbocycles. The van der Waals surface area contributed by atoms with Gasteiger partial charge in [0.1, 0.15) is 0 Å². The average molecular weight is 342 g/mol. The molecule has 6 nitrogen and oxygen atoms in total. The molecule has 0 radical (unpaired) electrons. The summed E-state index contributed by atoms with van der Waals surface area (Å²) in [5.74, 6) is 0.725. The Bertz CT molecular complexity index is 694. The lowest BCUT2D eigenvalue weighted by molar-refractivity contribution is -0.130. The maximum Gasteiger partial charge on any atom is 0.222 e. The number of aromatic nitrogens is 3. The molecule has 1 saturated heterocycles. The fourth-order valence-corrected chi connectivity index (χ4v) is 3.72. The van der Waals surface area contributed by atoms with Crippen LogP contribution in [0.3, 0.4) is 0 Å². The number of methoxy groups -OCH3 is 1. The number of likely N-dealkylation sites (tertiary alicyclic amines) is 1. The van der Waals surface area contributed by atoms with Crippen LogP contribution < -0.4 is 0 Å². The zero-order chi connectivity index (χ0) is 17.8. The van der Waals surface area contributed by atoms with E-state index in [-0.39, 0.29) is 11.8 Å². The number of ether oxygens (including phenoxy) is 1. The van der Waals surface area contributed by atoms with Crippen LogP contribution in [0.5, 0.6) is 0 Å². The molecule has 3 heterocycles. The van der Waals surface area contributed by atoms with Crippen molar-refractivity contribution in [2.45, 2.75) is 32.6 Å². The van der Waals surface area contributed by atoms with Crippen LogP contribution in [-0.4, -0.2) is 52.8 Å². The predicted octanol–water partition coefficient (Wildman–Crippen LogP) is 2.24. The second-order valence-electron chi connectivity index (χ2n) is 6.79. The van der Waals surface area contributed by atoms with Crippen LogP contribution in [0.4, 0.5) is 0 Å². The largest absolute Gasteiger partial charge is 0.384 e. The molecule has 6 heteroatoms. The molecule has 134 valence electrons. The van der Waals surface area contributed by atoms with E-state index in [1.165, 1.54) is 0 Å². The summed E-state index contributed by atoms with van der Waals surface area (Å²) in [6.45, 7) is 6.07. The maximum atomic E-state index is 12.7. The van der Waals surface area contributed by atoms with Crippen molar-refractivity contribution in [3.05, 3.63) is 47.0 Å². The summed E-state index contributed by atoms with van der Waals surface area (Å²) in [6.07, 6.45) is 3.05. The first-order valence-electron chi connectivity index (χ1n) is 8.78. The van der Waals surface area contributed by atoms with Crippen LogP contribution >= 0.6 is 0 Å². The quantitative estimate of drug-likeness (QED) is 0.874. The highest BCUT2D eigenvalue weighted by Gasteiger charge is 2.36. The fraction of sp³-hybridized carbons (Fsp3) is 0.526. The molecule has 1 aliphatic heterocycles. The Hall–Kier alpha value is -2.21. The normalized spacial score (nSPS) is 20.2. The molecular formula is C19H26N4O2. The Morgan fingerprint density at radius 2 is 2.20 bits per heavy atom. The van der Waals surface area contributed by atoms with Crippen LogP contribution in [0.1, 0.15) is 35.0 Å². The van der Waals surface area contributed by atoms with E-state index in [1.54, 1.807) is 7.11 Å². The van der Waals surface area contributed by atoms with Crippen molar-refractivity contribution in [2.24, 2.45) is 5.92 Å². The Labute approximate surface area is 148 Å². The minimum absolute atomic E-state index is 0.194. The summed E-state index contributed by atoms with van der Waals surface area (Å²) in [5.41, 5.74) is 4.23. The molecule has 1 N–H and O–H groups in total. The van der Waals surface area contributed by atoms with E-state index in [4.69, 9.17) is 4.74 Å². The van der Waals surface area contributed by atoms with E-state index in [1.807, 2.05) is 43.1 Å². The molecule has 0 spiro atoms. The van der Waals surface area contributed by atoms with Crippen molar-refractivity contribution in [2.75, 3.05) is 26.8 Å². The molecule has 2 aromatic rings. The van der Waals surface area contributed by atoms with Gasteiger partial charge in [-0.25, -0.2) is 0 Å².